The third-order valence-electron chi connectivity index (χ3n) is 1.59. The van der Waals surface area contributed by atoms with Crippen LogP contribution in [0.1, 0.15) is 17.4 Å². The van der Waals surface area contributed by atoms with Gasteiger partial charge in [-0.25, -0.2) is 4.79 Å². The highest BCUT2D eigenvalue weighted by Crippen LogP contribution is 2.15. The molecule has 0 fully saturated rings. The Labute approximate surface area is 75.0 Å². The number of aromatic nitrogens is 1. The molecule has 0 saturated heterocycles. The summed E-state index contributed by atoms with van der Waals surface area (Å²) in [5.74, 6) is -1.34. The molecule has 0 bridgehead atoms. The van der Waals surface area contributed by atoms with Gasteiger partial charge >= 0.3 is 5.97 Å². The predicted octanol–water partition coefficient (Wildman–Crippen LogP) is 0.682. The predicted molar refractivity (Wildman–Crippen MR) is 46.7 cm³/mol. The highest BCUT2D eigenvalue weighted by Gasteiger charge is 2.14. The van der Waals surface area contributed by atoms with Gasteiger partial charge in [0.05, 0.1) is 5.69 Å². The summed E-state index contributed by atoms with van der Waals surface area (Å²) in [4.78, 5) is 21.4. The molecule has 5 nitrogen and oxygen atoms in total. The minimum absolute atomic E-state index is 0.0789. The van der Waals surface area contributed by atoms with Crippen LogP contribution >= 0.6 is 0 Å². The van der Waals surface area contributed by atoms with E-state index in [9.17, 15) is 9.59 Å². The molecular weight excluding hydrogens is 172 g/mol. The minimum atomic E-state index is -1.06. The number of carbonyl (C=O) groups is 2. The lowest BCUT2D eigenvalue weighted by molar-refractivity contribution is -0.114. The van der Waals surface area contributed by atoms with Gasteiger partial charge in [0.1, 0.15) is 0 Å². The van der Waals surface area contributed by atoms with Crippen LogP contribution in [0.5, 0.6) is 0 Å². The lowest BCUT2D eigenvalue weighted by Gasteiger charge is -2.02. The zero-order valence-electron chi connectivity index (χ0n) is 7.37. The quantitative estimate of drug-likeness (QED) is 0.706. The van der Waals surface area contributed by atoms with Gasteiger partial charge in [-0.1, -0.05) is 0 Å². The average Bonchev–Trinajstić information content (AvgIpc) is 2.30. The number of carboxylic acid groups (broad SMARTS) is 1. The van der Waals surface area contributed by atoms with E-state index in [-0.39, 0.29) is 11.6 Å². The maximum Gasteiger partial charge on any atom is 0.354 e. The Hall–Kier alpha value is -1.78. The molecule has 0 aliphatic heterocycles. The fraction of sp³-hybridized carbons (Fsp3) is 0.250. The fourth-order valence-corrected chi connectivity index (χ4v) is 1.09. The topological polar surface area (TPSA) is 71.3 Å². The molecule has 0 aliphatic rings. The number of aryl methyl sites for hydroxylation is 1. The molecule has 13 heavy (non-hydrogen) atoms. The Kier molecular flexibility index (Phi) is 2.36. The van der Waals surface area contributed by atoms with Crippen molar-refractivity contribution in [1.82, 2.24) is 4.57 Å². The Bertz CT molecular complexity index is 354. The third-order valence-corrected chi connectivity index (χ3v) is 1.59. The van der Waals surface area contributed by atoms with Gasteiger partial charge in [0.15, 0.2) is 5.69 Å². The van der Waals surface area contributed by atoms with Crippen LogP contribution in [-0.4, -0.2) is 21.6 Å². The van der Waals surface area contributed by atoms with E-state index >= 15 is 0 Å². The number of aromatic carboxylic acids is 1. The summed E-state index contributed by atoms with van der Waals surface area (Å²) in [6.45, 7) is 1.33. The first-order valence-electron chi connectivity index (χ1n) is 3.68. The molecule has 1 aromatic heterocycles. The average molecular weight is 182 g/mol. The van der Waals surface area contributed by atoms with Gasteiger partial charge in [0.25, 0.3) is 0 Å². The summed E-state index contributed by atoms with van der Waals surface area (Å²) in [5, 5.41) is 11.2. The van der Waals surface area contributed by atoms with Crippen LogP contribution < -0.4 is 5.32 Å². The molecule has 0 aromatic carbocycles. The monoisotopic (exact) mass is 182 g/mol. The number of anilines is 1. The first-order chi connectivity index (χ1) is 6.02. The first kappa shape index (κ1) is 9.31. The van der Waals surface area contributed by atoms with Gasteiger partial charge in [-0.15, -0.1) is 0 Å². The molecule has 1 aromatic rings. The lowest BCUT2D eigenvalue weighted by atomic mass is 10.3. The summed E-state index contributed by atoms with van der Waals surface area (Å²) in [6, 6.07) is 1.55. The van der Waals surface area contributed by atoms with Crippen LogP contribution in [0.3, 0.4) is 0 Å². The molecule has 0 atom stereocenters. The zero-order valence-corrected chi connectivity index (χ0v) is 7.37. The standard InChI is InChI=1S/C8H10N2O3/c1-5(11)9-6-3-4-10(2)7(6)8(12)13/h3-4H,1-2H3,(H,9,11)(H,12,13). The van der Waals surface area contributed by atoms with Crippen LogP contribution in [0, 0.1) is 0 Å². The van der Waals surface area contributed by atoms with Crippen LogP contribution in [0.15, 0.2) is 12.3 Å². The lowest BCUT2D eigenvalue weighted by Crippen LogP contribution is -2.11. The molecule has 1 amide bonds. The van der Waals surface area contributed by atoms with Crippen molar-refractivity contribution in [3.8, 4) is 0 Å². The van der Waals surface area contributed by atoms with Gasteiger partial charge < -0.3 is 15.0 Å². The van der Waals surface area contributed by atoms with Crippen molar-refractivity contribution in [3.63, 3.8) is 0 Å². The Morgan fingerprint density at radius 1 is 1.54 bits per heavy atom. The number of hydrogen-bond donors (Lipinski definition) is 2. The van der Waals surface area contributed by atoms with E-state index in [1.54, 1.807) is 19.3 Å². The highest BCUT2D eigenvalue weighted by molar-refractivity contribution is 5.98. The van der Waals surface area contributed by atoms with Crippen LogP contribution in [0.25, 0.3) is 0 Å². The Morgan fingerprint density at radius 3 is 2.62 bits per heavy atom. The summed E-state index contributed by atoms with van der Waals surface area (Å²) in [6.07, 6.45) is 1.58. The van der Waals surface area contributed by atoms with Gasteiger partial charge in [-0.2, -0.15) is 0 Å². The number of nitrogens with one attached hydrogen (secondary N) is 1. The number of nitrogens with zero attached hydrogens (tertiary/aromatic N) is 1. The smallest absolute Gasteiger partial charge is 0.354 e. The van der Waals surface area contributed by atoms with Crippen molar-refractivity contribution in [1.29, 1.82) is 0 Å². The zero-order chi connectivity index (χ0) is 10.0. The van der Waals surface area contributed by atoms with Crippen LogP contribution in [0.2, 0.25) is 0 Å². The second-order valence-electron chi connectivity index (χ2n) is 2.68. The van der Waals surface area contributed by atoms with Crippen molar-refractivity contribution >= 4 is 17.6 Å². The molecule has 0 unspecified atom stereocenters. The van der Waals surface area contributed by atoms with Crippen molar-refractivity contribution < 1.29 is 14.7 Å². The molecule has 1 heterocycles. The van der Waals surface area contributed by atoms with E-state index in [0.29, 0.717) is 5.69 Å². The summed E-state index contributed by atoms with van der Waals surface area (Å²) in [7, 11) is 1.61. The molecule has 0 radical (unpaired) electrons. The third kappa shape index (κ3) is 1.87. The molecular formula is C8H10N2O3. The van der Waals surface area contributed by atoms with E-state index in [1.807, 2.05) is 0 Å². The highest BCUT2D eigenvalue weighted by atomic mass is 16.4. The number of carbonyl (C=O) groups excluding carboxylic acids is 1. The van der Waals surface area contributed by atoms with Gasteiger partial charge in [0, 0.05) is 20.2 Å². The maximum atomic E-state index is 10.7. The molecule has 70 valence electrons. The van der Waals surface area contributed by atoms with E-state index in [4.69, 9.17) is 5.11 Å². The van der Waals surface area contributed by atoms with Crippen LogP contribution in [-0.2, 0) is 11.8 Å². The fourth-order valence-electron chi connectivity index (χ4n) is 1.09. The summed E-state index contributed by atoms with van der Waals surface area (Å²) >= 11 is 0. The van der Waals surface area contributed by atoms with Crippen molar-refractivity contribution in [2.45, 2.75) is 6.92 Å². The Balaban J connectivity index is 3.07. The second-order valence-corrected chi connectivity index (χ2v) is 2.68. The van der Waals surface area contributed by atoms with Gasteiger partial charge in [-0.05, 0) is 6.07 Å². The molecule has 5 heteroatoms. The van der Waals surface area contributed by atoms with Crippen molar-refractivity contribution in [3.05, 3.63) is 18.0 Å². The SMILES string of the molecule is CC(=O)Nc1ccn(C)c1C(=O)O. The van der Waals surface area contributed by atoms with Crippen LogP contribution in [0.4, 0.5) is 5.69 Å². The molecule has 0 aliphatic carbocycles. The maximum absolute atomic E-state index is 10.7. The van der Waals surface area contributed by atoms with E-state index in [2.05, 4.69) is 5.32 Å². The number of hydrogen-bond acceptors (Lipinski definition) is 2. The van der Waals surface area contributed by atoms with E-state index in [1.165, 1.54) is 11.5 Å². The molecule has 0 spiro atoms. The second kappa shape index (κ2) is 3.30. The van der Waals surface area contributed by atoms with Crippen molar-refractivity contribution in [2.24, 2.45) is 7.05 Å². The number of rotatable bonds is 2. The summed E-state index contributed by atoms with van der Waals surface area (Å²) in [5.41, 5.74) is 0.401. The number of amides is 1. The molecule has 1 rings (SSSR count). The number of carboxylic acids is 1. The van der Waals surface area contributed by atoms with Crippen molar-refractivity contribution in [2.75, 3.05) is 5.32 Å². The van der Waals surface area contributed by atoms with E-state index in [0.717, 1.165) is 0 Å². The first-order valence-corrected chi connectivity index (χ1v) is 3.68. The molecule has 0 saturated carbocycles. The van der Waals surface area contributed by atoms with Gasteiger partial charge in [0.2, 0.25) is 5.91 Å². The van der Waals surface area contributed by atoms with Gasteiger partial charge in [-0.3, -0.25) is 4.79 Å². The Morgan fingerprint density at radius 2 is 2.15 bits per heavy atom. The van der Waals surface area contributed by atoms with E-state index < -0.39 is 5.97 Å². The molecule has 2 N–H and O–H groups in total. The summed E-state index contributed by atoms with van der Waals surface area (Å²) < 4.78 is 1.44. The minimum Gasteiger partial charge on any atom is -0.477 e. The largest absolute Gasteiger partial charge is 0.477 e. The normalized spacial score (nSPS) is 9.69.